The summed E-state index contributed by atoms with van der Waals surface area (Å²) >= 11 is 1.73. The zero-order valence-corrected chi connectivity index (χ0v) is 9.61. The zero-order valence-electron chi connectivity index (χ0n) is 8.80. The Balaban J connectivity index is 1.95. The fourth-order valence-electron chi connectivity index (χ4n) is 2.10. The van der Waals surface area contributed by atoms with Crippen LogP contribution in [0.4, 0.5) is 0 Å². The fraction of sp³-hybridized carbons (Fsp3) is 0.231. The molecule has 2 heterocycles. The largest absolute Gasteiger partial charge is 0.484 e. The Labute approximate surface area is 98.7 Å². The summed E-state index contributed by atoms with van der Waals surface area (Å²) in [5.41, 5.74) is 7.29. The summed E-state index contributed by atoms with van der Waals surface area (Å²) in [5.74, 6) is 0.930. The number of hydrogen-bond donors (Lipinski definition) is 1. The topological polar surface area (TPSA) is 35.2 Å². The molecule has 0 saturated carbocycles. The van der Waals surface area contributed by atoms with E-state index >= 15 is 0 Å². The minimum absolute atomic E-state index is 0.0806. The summed E-state index contributed by atoms with van der Waals surface area (Å²) in [6.07, 6.45) is 0.974. The van der Waals surface area contributed by atoms with Crippen molar-refractivity contribution in [2.45, 2.75) is 18.6 Å². The van der Waals surface area contributed by atoms with Crippen molar-refractivity contribution in [2.24, 2.45) is 5.73 Å². The smallest absolute Gasteiger partial charge is 0.135 e. The van der Waals surface area contributed by atoms with Crippen molar-refractivity contribution in [2.75, 3.05) is 0 Å². The highest BCUT2D eigenvalue weighted by molar-refractivity contribution is 7.10. The number of thiophene rings is 1. The standard InChI is InChI=1S/C13H13NOS/c14-10-8-12(13-6-3-7-16-13)15-11-5-2-1-4-9(10)11/h1-7,10,12H,8,14H2. The van der Waals surface area contributed by atoms with Gasteiger partial charge in [-0.2, -0.15) is 0 Å². The summed E-state index contributed by atoms with van der Waals surface area (Å²) in [6.45, 7) is 0. The lowest BCUT2D eigenvalue weighted by Crippen LogP contribution is -2.23. The summed E-state index contributed by atoms with van der Waals surface area (Å²) in [4.78, 5) is 1.25. The van der Waals surface area contributed by atoms with E-state index in [1.807, 2.05) is 24.3 Å². The van der Waals surface area contributed by atoms with Crippen molar-refractivity contribution in [3.05, 3.63) is 52.2 Å². The molecule has 1 aromatic carbocycles. The lowest BCUT2D eigenvalue weighted by Gasteiger charge is -2.29. The zero-order chi connectivity index (χ0) is 11.0. The first-order valence-electron chi connectivity index (χ1n) is 5.39. The van der Waals surface area contributed by atoms with Crippen LogP contribution in [-0.4, -0.2) is 0 Å². The molecule has 2 unspecified atom stereocenters. The van der Waals surface area contributed by atoms with E-state index in [-0.39, 0.29) is 12.1 Å². The fourth-order valence-corrected chi connectivity index (χ4v) is 2.87. The lowest BCUT2D eigenvalue weighted by molar-refractivity contribution is 0.165. The van der Waals surface area contributed by atoms with E-state index < -0.39 is 0 Å². The molecule has 2 atom stereocenters. The van der Waals surface area contributed by atoms with Crippen LogP contribution in [0.15, 0.2) is 41.8 Å². The second-order valence-electron chi connectivity index (χ2n) is 4.00. The van der Waals surface area contributed by atoms with Crippen LogP contribution < -0.4 is 10.5 Å². The van der Waals surface area contributed by atoms with Crippen molar-refractivity contribution in [3.63, 3.8) is 0 Å². The average molecular weight is 231 g/mol. The van der Waals surface area contributed by atoms with Gasteiger partial charge in [-0.25, -0.2) is 0 Å². The Morgan fingerprint density at radius 3 is 2.88 bits per heavy atom. The van der Waals surface area contributed by atoms with Gasteiger partial charge in [-0.3, -0.25) is 0 Å². The van der Waals surface area contributed by atoms with Crippen molar-refractivity contribution in [1.29, 1.82) is 0 Å². The number of rotatable bonds is 1. The quantitative estimate of drug-likeness (QED) is 0.817. The van der Waals surface area contributed by atoms with Gasteiger partial charge in [0.25, 0.3) is 0 Å². The summed E-state index contributed by atoms with van der Waals surface area (Å²) in [6, 6.07) is 12.3. The van der Waals surface area contributed by atoms with Crippen LogP contribution in [-0.2, 0) is 0 Å². The molecule has 0 radical (unpaired) electrons. The molecule has 16 heavy (non-hydrogen) atoms. The third-order valence-corrected chi connectivity index (χ3v) is 3.88. The average Bonchev–Trinajstić information content (AvgIpc) is 2.82. The van der Waals surface area contributed by atoms with E-state index in [0.717, 1.165) is 17.7 Å². The molecule has 3 rings (SSSR count). The van der Waals surface area contributed by atoms with Gasteiger partial charge in [0.1, 0.15) is 11.9 Å². The van der Waals surface area contributed by atoms with Gasteiger partial charge >= 0.3 is 0 Å². The molecule has 1 aliphatic rings. The van der Waals surface area contributed by atoms with Crippen LogP contribution in [0.1, 0.15) is 29.0 Å². The molecule has 1 aromatic heterocycles. The summed E-state index contributed by atoms with van der Waals surface area (Å²) < 4.78 is 5.98. The highest BCUT2D eigenvalue weighted by atomic mass is 32.1. The maximum Gasteiger partial charge on any atom is 0.135 e. The first kappa shape index (κ1) is 9.87. The molecule has 0 amide bonds. The third kappa shape index (κ3) is 1.62. The molecular weight excluding hydrogens is 218 g/mol. The van der Waals surface area contributed by atoms with Crippen molar-refractivity contribution in [3.8, 4) is 5.75 Å². The minimum Gasteiger partial charge on any atom is -0.484 e. The first-order chi connectivity index (χ1) is 7.84. The van der Waals surface area contributed by atoms with Crippen molar-refractivity contribution < 1.29 is 4.74 Å². The molecule has 1 aliphatic heterocycles. The van der Waals surface area contributed by atoms with E-state index in [4.69, 9.17) is 10.5 Å². The number of ether oxygens (including phenoxy) is 1. The molecule has 2 nitrogen and oxygen atoms in total. The molecule has 82 valence electrons. The van der Waals surface area contributed by atoms with E-state index in [0.29, 0.717) is 0 Å². The highest BCUT2D eigenvalue weighted by Crippen LogP contribution is 2.40. The summed E-state index contributed by atoms with van der Waals surface area (Å²) in [5, 5.41) is 2.07. The molecule has 0 spiro atoms. The molecule has 0 saturated heterocycles. The number of nitrogens with two attached hydrogens (primary N) is 1. The minimum atomic E-state index is 0.0806. The van der Waals surface area contributed by atoms with E-state index in [1.54, 1.807) is 11.3 Å². The lowest BCUT2D eigenvalue weighted by atomic mass is 9.97. The predicted octanol–water partition coefficient (Wildman–Crippen LogP) is 3.27. The Kier molecular flexibility index (Phi) is 2.42. The monoisotopic (exact) mass is 231 g/mol. The van der Waals surface area contributed by atoms with Crippen LogP contribution in [0, 0.1) is 0 Å². The predicted molar refractivity (Wildman–Crippen MR) is 65.7 cm³/mol. The second-order valence-corrected chi connectivity index (χ2v) is 4.98. The number of hydrogen-bond acceptors (Lipinski definition) is 3. The summed E-state index contributed by atoms with van der Waals surface area (Å²) in [7, 11) is 0. The number of fused-ring (bicyclic) bond motifs is 1. The molecule has 2 aromatic rings. The number of para-hydroxylation sites is 1. The normalized spacial score (nSPS) is 23.6. The van der Waals surface area contributed by atoms with Crippen LogP contribution in [0.25, 0.3) is 0 Å². The third-order valence-electron chi connectivity index (χ3n) is 2.92. The molecule has 0 fully saturated rings. The molecule has 0 bridgehead atoms. The van der Waals surface area contributed by atoms with E-state index in [1.165, 1.54) is 4.88 Å². The van der Waals surface area contributed by atoms with Gasteiger partial charge < -0.3 is 10.5 Å². The van der Waals surface area contributed by atoms with E-state index in [2.05, 4.69) is 17.5 Å². The Hall–Kier alpha value is -1.32. The van der Waals surface area contributed by atoms with Gasteiger partial charge in [0.2, 0.25) is 0 Å². The molecular formula is C13H13NOS. The van der Waals surface area contributed by atoms with Gasteiger partial charge in [-0.1, -0.05) is 24.3 Å². The van der Waals surface area contributed by atoms with Crippen LogP contribution in [0.3, 0.4) is 0 Å². The van der Waals surface area contributed by atoms with Gasteiger partial charge in [0, 0.05) is 22.9 Å². The van der Waals surface area contributed by atoms with E-state index in [9.17, 15) is 0 Å². The molecule has 0 aliphatic carbocycles. The Morgan fingerprint density at radius 1 is 1.19 bits per heavy atom. The maximum absolute atomic E-state index is 6.17. The Bertz CT molecular complexity index is 480. The highest BCUT2D eigenvalue weighted by Gasteiger charge is 2.26. The van der Waals surface area contributed by atoms with Crippen molar-refractivity contribution in [1.82, 2.24) is 0 Å². The van der Waals surface area contributed by atoms with Gasteiger partial charge in [0.05, 0.1) is 0 Å². The maximum atomic E-state index is 6.17. The van der Waals surface area contributed by atoms with Crippen LogP contribution in [0.2, 0.25) is 0 Å². The molecule has 3 heteroatoms. The first-order valence-corrected chi connectivity index (χ1v) is 6.27. The number of benzene rings is 1. The second kappa shape index (κ2) is 3.92. The van der Waals surface area contributed by atoms with Crippen molar-refractivity contribution >= 4 is 11.3 Å². The molecule has 2 N–H and O–H groups in total. The van der Waals surface area contributed by atoms with Gasteiger partial charge in [0.15, 0.2) is 0 Å². The SMILES string of the molecule is NC1CC(c2cccs2)Oc2ccccc21. The van der Waals surface area contributed by atoms with Gasteiger partial charge in [-0.05, 0) is 17.5 Å². The van der Waals surface area contributed by atoms with Crippen LogP contribution in [0.5, 0.6) is 5.75 Å². The van der Waals surface area contributed by atoms with Crippen LogP contribution >= 0.6 is 11.3 Å². The Morgan fingerprint density at radius 2 is 2.06 bits per heavy atom. The van der Waals surface area contributed by atoms with Gasteiger partial charge in [-0.15, -0.1) is 11.3 Å².